The molecule has 1 heterocycles. The summed E-state index contributed by atoms with van der Waals surface area (Å²) in [7, 11) is 0. The van der Waals surface area contributed by atoms with E-state index >= 15 is 0 Å². The summed E-state index contributed by atoms with van der Waals surface area (Å²) in [6.07, 6.45) is 0.0151. The number of benzene rings is 2. The Morgan fingerprint density at radius 1 is 1.00 bits per heavy atom. The number of hydrogen-bond donors (Lipinski definition) is 6. The Morgan fingerprint density at radius 3 is 2.39 bits per heavy atom. The molecule has 0 radical (unpaired) electrons. The lowest BCUT2D eigenvalue weighted by atomic mass is 10.1. The van der Waals surface area contributed by atoms with Gasteiger partial charge in [-0.1, -0.05) is 6.07 Å². The Hall–Kier alpha value is -4.41. The zero-order valence-corrected chi connectivity index (χ0v) is 17.6. The van der Waals surface area contributed by atoms with Crippen molar-refractivity contribution in [1.29, 1.82) is 0 Å². The third-order valence-corrected chi connectivity index (χ3v) is 4.94. The Morgan fingerprint density at radius 2 is 1.73 bits per heavy atom. The summed E-state index contributed by atoms with van der Waals surface area (Å²) in [6.45, 7) is 0.482. The molecule has 8 N–H and O–H groups in total. The second-order valence-electron chi connectivity index (χ2n) is 7.40. The van der Waals surface area contributed by atoms with Crippen LogP contribution in [0.3, 0.4) is 0 Å². The molecule has 0 saturated heterocycles. The van der Waals surface area contributed by atoms with Crippen LogP contribution in [0.1, 0.15) is 35.2 Å². The molecule has 1 atom stereocenters. The van der Waals surface area contributed by atoms with Gasteiger partial charge in [-0.2, -0.15) is 4.98 Å². The number of rotatable bonds is 10. The average Bonchev–Trinajstić information content (AvgIpc) is 2.77. The molecule has 0 aliphatic carbocycles. The van der Waals surface area contributed by atoms with Gasteiger partial charge in [0.15, 0.2) is 0 Å². The lowest BCUT2D eigenvalue weighted by molar-refractivity contribution is -0.140. The van der Waals surface area contributed by atoms with E-state index in [2.05, 4.69) is 20.6 Å². The third-order valence-electron chi connectivity index (χ3n) is 4.94. The van der Waals surface area contributed by atoms with E-state index < -0.39 is 23.9 Å². The molecule has 1 unspecified atom stereocenters. The number of nitrogens with one attached hydrogen (secondary N) is 2. The van der Waals surface area contributed by atoms with Crippen LogP contribution in [-0.4, -0.2) is 44.1 Å². The van der Waals surface area contributed by atoms with Gasteiger partial charge >= 0.3 is 11.9 Å². The molecule has 33 heavy (non-hydrogen) atoms. The molecular formula is C22H24N6O5. The highest BCUT2D eigenvalue weighted by Crippen LogP contribution is 2.21. The number of carboxylic acid groups (broad SMARTS) is 2. The zero-order valence-electron chi connectivity index (χ0n) is 17.6. The predicted octanol–water partition coefficient (Wildman–Crippen LogP) is 1.84. The summed E-state index contributed by atoms with van der Waals surface area (Å²) in [5, 5.41) is 24.3. The molecule has 0 fully saturated rings. The average molecular weight is 452 g/mol. The predicted molar refractivity (Wildman–Crippen MR) is 123 cm³/mol. The van der Waals surface area contributed by atoms with Crippen LogP contribution < -0.4 is 22.1 Å². The number of amides is 1. The summed E-state index contributed by atoms with van der Waals surface area (Å²) in [5.41, 5.74) is 14.2. The Balaban J connectivity index is 1.59. The van der Waals surface area contributed by atoms with Crippen molar-refractivity contribution in [3.05, 3.63) is 53.6 Å². The van der Waals surface area contributed by atoms with Gasteiger partial charge in [-0.3, -0.25) is 9.59 Å². The van der Waals surface area contributed by atoms with Crippen molar-refractivity contribution in [3.63, 3.8) is 0 Å². The summed E-state index contributed by atoms with van der Waals surface area (Å²) in [6, 6.07) is 11.0. The van der Waals surface area contributed by atoms with E-state index in [9.17, 15) is 19.5 Å². The number of hydrogen-bond acceptors (Lipinski definition) is 8. The maximum atomic E-state index is 12.4. The molecule has 2 aromatic carbocycles. The number of anilines is 3. The lowest BCUT2D eigenvalue weighted by Gasteiger charge is -2.14. The molecule has 0 bridgehead atoms. The van der Waals surface area contributed by atoms with Crippen LogP contribution in [-0.2, 0) is 16.1 Å². The van der Waals surface area contributed by atoms with Crippen molar-refractivity contribution in [3.8, 4) is 0 Å². The van der Waals surface area contributed by atoms with Gasteiger partial charge in [-0.05, 0) is 54.8 Å². The SMILES string of the molecule is Nc1nc(N)c2cc(CNc3ccc(C(=O)NC(CCCC(=O)O)C(=O)O)cc3)ccc2n1. The number of carboxylic acids is 2. The number of fused-ring (bicyclic) bond motifs is 1. The van der Waals surface area contributed by atoms with E-state index in [1.165, 1.54) is 0 Å². The fourth-order valence-corrected chi connectivity index (χ4v) is 3.23. The van der Waals surface area contributed by atoms with Gasteiger partial charge in [-0.25, -0.2) is 9.78 Å². The number of nitrogen functional groups attached to an aromatic ring is 2. The van der Waals surface area contributed by atoms with Crippen LogP contribution in [0.25, 0.3) is 10.9 Å². The van der Waals surface area contributed by atoms with Gasteiger partial charge in [0.25, 0.3) is 5.91 Å². The highest BCUT2D eigenvalue weighted by Gasteiger charge is 2.20. The minimum Gasteiger partial charge on any atom is -0.481 e. The molecular weight excluding hydrogens is 428 g/mol. The normalized spacial score (nSPS) is 11.6. The van der Waals surface area contributed by atoms with Crippen LogP contribution >= 0.6 is 0 Å². The minimum atomic E-state index is -1.21. The maximum absolute atomic E-state index is 12.4. The smallest absolute Gasteiger partial charge is 0.326 e. The van der Waals surface area contributed by atoms with Gasteiger partial charge < -0.3 is 32.3 Å². The van der Waals surface area contributed by atoms with E-state index in [1.54, 1.807) is 24.3 Å². The number of nitrogens with two attached hydrogens (primary N) is 2. The first-order valence-corrected chi connectivity index (χ1v) is 10.1. The fourth-order valence-electron chi connectivity index (χ4n) is 3.23. The molecule has 0 spiro atoms. The lowest BCUT2D eigenvalue weighted by Crippen LogP contribution is -2.40. The van der Waals surface area contributed by atoms with Crippen molar-refractivity contribution in [2.45, 2.75) is 31.8 Å². The van der Waals surface area contributed by atoms with E-state index in [4.69, 9.17) is 16.6 Å². The fraction of sp³-hybridized carbons (Fsp3) is 0.227. The van der Waals surface area contributed by atoms with Crippen LogP contribution in [0.2, 0.25) is 0 Å². The van der Waals surface area contributed by atoms with E-state index in [1.807, 2.05) is 18.2 Å². The van der Waals surface area contributed by atoms with E-state index in [0.29, 0.717) is 28.8 Å². The Labute approximate surface area is 188 Å². The molecule has 0 aliphatic heterocycles. The van der Waals surface area contributed by atoms with Crippen molar-refractivity contribution < 1.29 is 24.6 Å². The number of aromatic nitrogens is 2. The van der Waals surface area contributed by atoms with E-state index in [0.717, 1.165) is 11.3 Å². The first-order valence-electron chi connectivity index (χ1n) is 10.1. The number of carbonyl (C=O) groups excluding carboxylic acids is 1. The van der Waals surface area contributed by atoms with Gasteiger partial charge in [0.1, 0.15) is 11.9 Å². The second kappa shape index (κ2) is 10.3. The topological polar surface area (TPSA) is 194 Å². The van der Waals surface area contributed by atoms with Crippen LogP contribution in [0.15, 0.2) is 42.5 Å². The van der Waals surface area contributed by atoms with Gasteiger partial charge in [0.2, 0.25) is 5.95 Å². The Kier molecular flexibility index (Phi) is 7.24. The molecule has 3 rings (SSSR count). The quantitative estimate of drug-likeness (QED) is 0.264. The first-order chi connectivity index (χ1) is 15.7. The summed E-state index contributed by atoms with van der Waals surface area (Å²) >= 11 is 0. The van der Waals surface area contributed by atoms with Crippen molar-refractivity contribution in [2.75, 3.05) is 16.8 Å². The number of carbonyl (C=O) groups is 3. The molecule has 11 nitrogen and oxygen atoms in total. The van der Waals surface area contributed by atoms with E-state index in [-0.39, 0.29) is 25.2 Å². The monoisotopic (exact) mass is 452 g/mol. The van der Waals surface area contributed by atoms with Gasteiger partial charge in [0.05, 0.1) is 5.52 Å². The highest BCUT2D eigenvalue weighted by molar-refractivity contribution is 5.96. The van der Waals surface area contributed by atoms with Gasteiger partial charge in [-0.15, -0.1) is 0 Å². The second-order valence-corrected chi connectivity index (χ2v) is 7.40. The van der Waals surface area contributed by atoms with Gasteiger partial charge in [0, 0.05) is 29.6 Å². The number of aliphatic carboxylic acids is 2. The molecule has 1 amide bonds. The maximum Gasteiger partial charge on any atom is 0.326 e. The highest BCUT2D eigenvalue weighted by atomic mass is 16.4. The number of nitrogens with zero attached hydrogens (tertiary/aromatic N) is 2. The molecule has 1 aromatic heterocycles. The molecule has 3 aromatic rings. The zero-order chi connectivity index (χ0) is 24.0. The van der Waals surface area contributed by atoms with Crippen molar-refractivity contribution in [2.24, 2.45) is 0 Å². The summed E-state index contributed by atoms with van der Waals surface area (Å²) < 4.78 is 0. The summed E-state index contributed by atoms with van der Waals surface area (Å²) in [5.74, 6) is -2.36. The molecule has 11 heteroatoms. The van der Waals surface area contributed by atoms with Crippen molar-refractivity contribution in [1.82, 2.24) is 15.3 Å². The largest absolute Gasteiger partial charge is 0.481 e. The van der Waals surface area contributed by atoms with Crippen molar-refractivity contribution >= 4 is 46.2 Å². The molecule has 172 valence electrons. The Bertz CT molecular complexity index is 1180. The molecule has 0 aliphatic rings. The van der Waals surface area contributed by atoms with Crippen LogP contribution in [0, 0.1) is 0 Å². The van der Waals surface area contributed by atoms with Crippen LogP contribution in [0.4, 0.5) is 17.5 Å². The summed E-state index contributed by atoms with van der Waals surface area (Å²) in [4.78, 5) is 42.4. The third kappa shape index (κ3) is 6.29. The molecule has 0 saturated carbocycles. The van der Waals surface area contributed by atoms with Crippen LogP contribution in [0.5, 0.6) is 0 Å². The minimum absolute atomic E-state index is 0.0287. The first kappa shape index (κ1) is 23.3. The standard InChI is InChI=1S/C22H24N6O5/c23-19-15-10-12(4-9-16(15)27-22(24)28-19)11-25-14-7-5-13(6-8-14)20(31)26-17(21(32)33)2-1-3-18(29)30/h4-10,17,25H,1-3,11H2,(H,26,31)(H,29,30)(H,32,33)(H4,23,24,27,28).